The molecular formula is C16H27ClN2. The molecule has 3 heteroatoms. The van der Waals surface area contributed by atoms with Gasteiger partial charge in [0, 0.05) is 29.7 Å². The van der Waals surface area contributed by atoms with Crippen molar-refractivity contribution in [2.75, 3.05) is 13.6 Å². The third kappa shape index (κ3) is 5.13. The predicted octanol–water partition coefficient (Wildman–Crippen LogP) is 4.11. The van der Waals surface area contributed by atoms with E-state index < -0.39 is 0 Å². The summed E-state index contributed by atoms with van der Waals surface area (Å²) in [7, 11) is 2.18. The van der Waals surface area contributed by atoms with Gasteiger partial charge in [0.1, 0.15) is 0 Å². The topological polar surface area (TPSA) is 15.3 Å². The van der Waals surface area contributed by atoms with Crippen LogP contribution in [-0.2, 0) is 0 Å². The molecule has 19 heavy (non-hydrogen) atoms. The van der Waals surface area contributed by atoms with Gasteiger partial charge >= 0.3 is 0 Å². The fourth-order valence-electron chi connectivity index (χ4n) is 2.02. The summed E-state index contributed by atoms with van der Waals surface area (Å²) >= 11 is 5.94. The lowest BCUT2D eigenvalue weighted by atomic mass is 10.1. The van der Waals surface area contributed by atoms with Crippen LogP contribution in [0.15, 0.2) is 24.3 Å². The van der Waals surface area contributed by atoms with E-state index in [1.807, 2.05) is 12.1 Å². The number of nitrogens with zero attached hydrogens (tertiary/aromatic N) is 1. The van der Waals surface area contributed by atoms with Gasteiger partial charge in [-0.25, -0.2) is 0 Å². The number of likely N-dealkylation sites (N-methyl/N-ethyl adjacent to an activating group) is 1. The molecule has 0 heterocycles. The highest BCUT2D eigenvalue weighted by molar-refractivity contribution is 6.30. The van der Waals surface area contributed by atoms with Crippen molar-refractivity contribution in [1.29, 1.82) is 0 Å². The lowest BCUT2D eigenvalue weighted by Gasteiger charge is -2.32. The van der Waals surface area contributed by atoms with Crippen molar-refractivity contribution < 1.29 is 0 Å². The van der Waals surface area contributed by atoms with Crippen molar-refractivity contribution in [1.82, 2.24) is 10.2 Å². The quantitative estimate of drug-likeness (QED) is 0.810. The largest absolute Gasteiger partial charge is 0.313 e. The maximum atomic E-state index is 5.94. The Morgan fingerprint density at radius 2 is 1.74 bits per heavy atom. The molecule has 1 rings (SSSR count). The average molecular weight is 283 g/mol. The molecular weight excluding hydrogens is 256 g/mol. The van der Waals surface area contributed by atoms with Crippen LogP contribution in [0.5, 0.6) is 0 Å². The first-order valence-electron chi connectivity index (χ1n) is 7.16. The van der Waals surface area contributed by atoms with E-state index in [-0.39, 0.29) is 0 Å². The predicted molar refractivity (Wildman–Crippen MR) is 84.8 cm³/mol. The van der Waals surface area contributed by atoms with Gasteiger partial charge < -0.3 is 5.32 Å². The summed E-state index contributed by atoms with van der Waals surface area (Å²) in [6.45, 7) is 9.96. The van der Waals surface area contributed by atoms with Crippen molar-refractivity contribution in [3.63, 3.8) is 0 Å². The molecule has 1 aromatic carbocycles. The molecule has 0 aliphatic rings. The summed E-state index contributed by atoms with van der Waals surface area (Å²) in [5.74, 6) is 0. The fourth-order valence-corrected chi connectivity index (χ4v) is 2.14. The van der Waals surface area contributed by atoms with Crippen LogP contribution in [0, 0.1) is 0 Å². The van der Waals surface area contributed by atoms with Gasteiger partial charge in [0.2, 0.25) is 0 Å². The Hall–Kier alpha value is -0.570. The third-order valence-corrected chi connectivity index (χ3v) is 4.28. The zero-order chi connectivity index (χ0) is 14.4. The second kappa shape index (κ2) is 7.88. The van der Waals surface area contributed by atoms with Crippen molar-refractivity contribution in [2.24, 2.45) is 0 Å². The number of hydrogen-bond acceptors (Lipinski definition) is 2. The summed E-state index contributed by atoms with van der Waals surface area (Å²) in [6, 6.07) is 9.62. The van der Waals surface area contributed by atoms with Gasteiger partial charge in [-0.05, 0) is 51.9 Å². The molecule has 0 aliphatic heterocycles. The van der Waals surface area contributed by atoms with E-state index in [4.69, 9.17) is 11.6 Å². The Balaban J connectivity index is 2.55. The Kier molecular flexibility index (Phi) is 6.84. The Labute approximate surface area is 123 Å². The molecule has 1 N–H and O–H groups in total. The fraction of sp³-hybridized carbons (Fsp3) is 0.625. The molecule has 0 saturated heterocycles. The van der Waals surface area contributed by atoms with Crippen molar-refractivity contribution in [3.05, 3.63) is 34.9 Å². The highest BCUT2D eigenvalue weighted by Crippen LogP contribution is 2.22. The van der Waals surface area contributed by atoms with E-state index in [0.29, 0.717) is 18.1 Å². The molecule has 1 aromatic rings. The molecule has 108 valence electrons. The summed E-state index contributed by atoms with van der Waals surface area (Å²) in [5.41, 5.74) is 1.31. The standard InChI is InChI=1S/C16H27ClN2/c1-6-12(2)18-11-13(3)19(5)14(4)15-7-9-16(17)10-8-15/h7-10,12-14,18H,6,11H2,1-5H3. The molecule has 0 radical (unpaired) electrons. The number of hydrogen-bond donors (Lipinski definition) is 1. The van der Waals surface area contributed by atoms with E-state index in [9.17, 15) is 0 Å². The first-order valence-corrected chi connectivity index (χ1v) is 7.54. The molecule has 2 nitrogen and oxygen atoms in total. The molecule has 0 fully saturated rings. The number of benzene rings is 1. The van der Waals surface area contributed by atoms with Gasteiger partial charge in [-0.1, -0.05) is 30.7 Å². The zero-order valence-electron chi connectivity index (χ0n) is 12.8. The van der Waals surface area contributed by atoms with Crippen LogP contribution in [0.2, 0.25) is 5.02 Å². The Bertz CT molecular complexity index is 364. The Morgan fingerprint density at radius 1 is 1.16 bits per heavy atom. The second-order valence-corrected chi connectivity index (χ2v) is 5.90. The first-order chi connectivity index (χ1) is 8.95. The summed E-state index contributed by atoms with van der Waals surface area (Å²) in [5, 5.41) is 4.36. The highest BCUT2D eigenvalue weighted by Gasteiger charge is 2.17. The minimum Gasteiger partial charge on any atom is -0.313 e. The van der Waals surface area contributed by atoms with Crippen molar-refractivity contribution >= 4 is 11.6 Å². The second-order valence-electron chi connectivity index (χ2n) is 5.46. The van der Waals surface area contributed by atoms with E-state index in [2.05, 4.69) is 57.1 Å². The minimum atomic E-state index is 0.394. The lowest BCUT2D eigenvalue weighted by molar-refractivity contribution is 0.190. The molecule has 0 aliphatic carbocycles. The van der Waals surface area contributed by atoms with Gasteiger partial charge in [0.15, 0.2) is 0 Å². The van der Waals surface area contributed by atoms with Gasteiger partial charge in [-0.2, -0.15) is 0 Å². The monoisotopic (exact) mass is 282 g/mol. The van der Waals surface area contributed by atoms with Crippen molar-refractivity contribution in [2.45, 2.75) is 52.2 Å². The third-order valence-electron chi connectivity index (χ3n) is 4.03. The van der Waals surface area contributed by atoms with Crippen LogP contribution in [-0.4, -0.2) is 30.6 Å². The number of rotatable bonds is 7. The van der Waals surface area contributed by atoms with Gasteiger partial charge in [-0.3, -0.25) is 4.90 Å². The van der Waals surface area contributed by atoms with E-state index in [1.54, 1.807) is 0 Å². The van der Waals surface area contributed by atoms with Crippen LogP contribution in [0.3, 0.4) is 0 Å². The van der Waals surface area contributed by atoms with Gasteiger partial charge in [0.25, 0.3) is 0 Å². The number of nitrogens with one attached hydrogen (secondary N) is 1. The molecule has 3 unspecified atom stereocenters. The van der Waals surface area contributed by atoms with Gasteiger partial charge in [-0.15, -0.1) is 0 Å². The Morgan fingerprint density at radius 3 is 2.26 bits per heavy atom. The maximum Gasteiger partial charge on any atom is 0.0406 e. The van der Waals surface area contributed by atoms with E-state index >= 15 is 0 Å². The molecule has 0 bridgehead atoms. The molecule has 0 spiro atoms. The smallest absolute Gasteiger partial charge is 0.0406 e. The number of halogens is 1. The van der Waals surface area contributed by atoms with Crippen LogP contribution in [0.4, 0.5) is 0 Å². The summed E-state index contributed by atoms with van der Waals surface area (Å²) < 4.78 is 0. The highest BCUT2D eigenvalue weighted by atomic mass is 35.5. The van der Waals surface area contributed by atoms with Crippen LogP contribution in [0.1, 0.15) is 45.7 Å². The summed E-state index contributed by atoms with van der Waals surface area (Å²) in [4.78, 5) is 2.40. The normalized spacial score (nSPS) is 16.4. The SMILES string of the molecule is CCC(C)NCC(C)N(C)C(C)c1ccc(Cl)cc1. The van der Waals surface area contributed by atoms with Crippen LogP contribution >= 0.6 is 11.6 Å². The van der Waals surface area contributed by atoms with Gasteiger partial charge in [0.05, 0.1) is 0 Å². The minimum absolute atomic E-state index is 0.394. The van der Waals surface area contributed by atoms with Crippen LogP contribution in [0.25, 0.3) is 0 Å². The zero-order valence-corrected chi connectivity index (χ0v) is 13.5. The first kappa shape index (κ1) is 16.5. The van der Waals surface area contributed by atoms with E-state index in [0.717, 1.165) is 11.6 Å². The molecule has 0 saturated carbocycles. The van der Waals surface area contributed by atoms with Crippen LogP contribution < -0.4 is 5.32 Å². The van der Waals surface area contributed by atoms with E-state index in [1.165, 1.54) is 12.0 Å². The molecule has 3 atom stereocenters. The lowest BCUT2D eigenvalue weighted by Crippen LogP contribution is -2.41. The average Bonchev–Trinajstić information content (AvgIpc) is 2.43. The molecule has 0 aromatic heterocycles. The maximum absolute atomic E-state index is 5.94. The van der Waals surface area contributed by atoms with Crippen molar-refractivity contribution in [3.8, 4) is 0 Å². The summed E-state index contributed by atoms with van der Waals surface area (Å²) in [6.07, 6.45) is 1.17. The molecule has 0 amide bonds.